The molecule has 1 aromatic carbocycles. The lowest BCUT2D eigenvalue weighted by atomic mass is 10.1. The highest BCUT2D eigenvalue weighted by Gasteiger charge is 2.19. The van der Waals surface area contributed by atoms with Crippen LogP contribution in [0.2, 0.25) is 0 Å². The maximum Gasteiger partial charge on any atom is 0.267 e. The number of hydrogen-bond acceptors (Lipinski definition) is 5. The summed E-state index contributed by atoms with van der Waals surface area (Å²) in [5, 5.41) is 21.2. The summed E-state index contributed by atoms with van der Waals surface area (Å²) in [4.78, 5) is 31.0. The Morgan fingerprint density at radius 3 is 2.66 bits per heavy atom. The van der Waals surface area contributed by atoms with Crippen molar-refractivity contribution in [2.75, 3.05) is 6.61 Å². The van der Waals surface area contributed by atoms with Gasteiger partial charge in [0, 0.05) is 19.3 Å². The minimum atomic E-state index is -0.445. The molecule has 0 saturated heterocycles. The third kappa shape index (κ3) is 3.80. The number of aromatic nitrogens is 3. The first kappa shape index (κ1) is 21.5. The lowest BCUT2D eigenvalue weighted by molar-refractivity contribution is 0.0937. The zero-order valence-electron chi connectivity index (χ0n) is 18.0. The van der Waals surface area contributed by atoms with Gasteiger partial charge in [-0.1, -0.05) is 36.4 Å². The van der Waals surface area contributed by atoms with E-state index in [0.29, 0.717) is 17.7 Å². The van der Waals surface area contributed by atoms with E-state index in [1.165, 1.54) is 15.0 Å². The van der Waals surface area contributed by atoms with E-state index < -0.39 is 5.91 Å². The van der Waals surface area contributed by atoms with E-state index in [1.807, 2.05) is 50.2 Å². The summed E-state index contributed by atoms with van der Waals surface area (Å²) < 4.78 is 2.98. The maximum absolute atomic E-state index is 13.3. The number of aryl methyl sites for hydroxylation is 2. The van der Waals surface area contributed by atoms with Crippen molar-refractivity contribution in [1.82, 2.24) is 19.3 Å². The molecule has 4 aromatic rings. The standard InChI is InChI=1S/C24H25N5O3/c1-15-8-6-11-29-21(15)27-22-19(24(29)32)14-18(20(25)28(22)12-7-13-30)23(31)26-16(2)17-9-4-3-5-10-17/h3-6,8-11,14,16,25,30H,7,12-13H2,1-2H3,(H,26,31)/t16-/m0/s1. The van der Waals surface area contributed by atoms with Gasteiger partial charge in [-0.15, -0.1) is 0 Å². The van der Waals surface area contributed by atoms with E-state index in [-0.39, 0.29) is 41.2 Å². The molecule has 3 heterocycles. The van der Waals surface area contributed by atoms with Crippen molar-refractivity contribution in [3.8, 4) is 0 Å². The first-order valence-corrected chi connectivity index (χ1v) is 10.5. The minimum absolute atomic E-state index is 0.0476. The lowest BCUT2D eigenvalue weighted by Crippen LogP contribution is -2.36. The van der Waals surface area contributed by atoms with Gasteiger partial charge in [0.2, 0.25) is 0 Å². The molecule has 3 aromatic heterocycles. The quantitative estimate of drug-likeness (QED) is 0.407. The van der Waals surface area contributed by atoms with Gasteiger partial charge in [-0.25, -0.2) is 4.98 Å². The third-order valence-electron chi connectivity index (χ3n) is 5.57. The molecule has 4 rings (SSSR count). The number of aliphatic hydroxyl groups is 1. The van der Waals surface area contributed by atoms with E-state index in [0.717, 1.165) is 11.1 Å². The van der Waals surface area contributed by atoms with Crippen LogP contribution >= 0.6 is 0 Å². The summed E-state index contributed by atoms with van der Waals surface area (Å²) in [5.74, 6) is -0.445. The number of rotatable bonds is 6. The second kappa shape index (κ2) is 8.76. The highest BCUT2D eigenvalue weighted by Crippen LogP contribution is 2.15. The molecule has 0 bridgehead atoms. The van der Waals surface area contributed by atoms with Gasteiger partial charge < -0.3 is 15.0 Å². The summed E-state index contributed by atoms with van der Waals surface area (Å²) in [5.41, 5.74) is 2.32. The Morgan fingerprint density at radius 1 is 1.19 bits per heavy atom. The topological polar surface area (TPSA) is 112 Å². The molecule has 0 spiro atoms. The van der Waals surface area contributed by atoms with Crippen LogP contribution in [0.5, 0.6) is 0 Å². The Kier molecular flexibility index (Phi) is 5.87. The van der Waals surface area contributed by atoms with Crippen molar-refractivity contribution in [3.63, 3.8) is 0 Å². The second-order valence-electron chi connectivity index (χ2n) is 7.78. The van der Waals surface area contributed by atoms with Crippen molar-refractivity contribution in [2.24, 2.45) is 0 Å². The zero-order chi connectivity index (χ0) is 22.8. The van der Waals surface area contributed by atoms with Crippen LogP contribution < -0.4 is 16.4 Å². The fraction of sp³-hybridized carbons (Fsp3) is 0.250. The number of benzene rings is 1. The number of hydrogen-bond donors (Lipinski definition) is 3. The van der Waals surface area contributed by atoms with Crippen LogP contribution in [0.15, 0.2) is 59.5 Å². The minimum Gasteiger partial charge on any atom is -0.396 e. The monoisotopic (exact) mass is 431 g/mol. The number of carbonyl (C=O) groups excluding carboxylic acids is 1. The van der Waals surface area contributed by atoms with Gasteiger partial charge in [0.1, 0.15) is 16.8 Å². The number of fused-ring (bicyclic) bond motifs is 2. The normalized spacial score (nSPS) is 12.2. The molecule has 164 valence electrons. The van der Waals surface area contributed by atoms with Crippen molar-refractivity contribution in [2.45, 2.75) is 32.9 Å². The number of nitrogens with zero attached hydrogens (tertiary/aromatic N) is 3. The van der Waals surface area contributed by atoms with Gasteiger partial charge in [-0.05, 0) is 43.5 Å². The molecule has 8 nitrogen and oxygen atoms in total. The average Bonchev–Trinajstić information content (AvgIpc) is 2.79. The highest BCUT2D eigenvalue weighted by atomic mass is 16.3. The molecule has 0 unspecified atom stereocenters. The van der Waals surface area contributed by atoms with Crippen molar-refractivity contribution in [1.29, 1.82) is 5.41 Å². The maximum atomic E-state index is 13.3. The van der Waals surface area contributed by atoms with Gasteiger partial charge >= 0.3 is 0 Å². The Balaban J connectivity index is 1.89. The zero-order valence-corrected chi connectivity index (χ0v) is 18.0. The summed E-state index contributed by atoms with van der Waals surface area (Å²) in [6, 6.07) is 14.3. The highest BCUT2D eigenvalue weighted by molar-refractivity contribution is 5.97. The molecule has 0 saturated carbocycles. The van der Waals surface area contributed by atoms with Crippen molar-refractivity contribution >= 4 is 22.6 Å². The van der Waals surface area contributed by atoms with E-state index in [9.17, 15) is 14.7 Å². The Bertz CT molecular complexity index is 1420. The fourth-order valence-corrected chi connectivity index (χ4v) is 3.82. The average molecular weight is 431 g/mol. The molecule has 1 amide bonds. The molecular weight excluding hydrogens is 406 g/mol. The summed E-state index contributed by atoms with van der Waals surface area (Å²) in [7, 11) is 0. The van der Waals surface area contributed by atoms with Crippen LogP contribution in [-0.4, -0.2) is 31.6 Å². The van der Waals surface area contributed by atoms with Crippen LogP contribution in [0.3, 0.4) is 0 Å². The lowest BCUT2D eigenvalue weighted by Gasteiger charge is -2.17. The van der Waals surface area contributed by atoms with Crippen LogP contribution in [0.1, 0.15) is 40.9 Å². The predicted molar refractivity (Wildman–Crippen MR) is 122 cm³/mol. The Hall–Kier alpha value is -3.78. The van der Waals surface area contributed by atoms with Crippen molar-refractivity contribution in [3.05, 3.63) is 87.3 Å². The van der Waals surface area contributed by atoms with Gasteiger partial charge in [0.25, 0.3) is 11.5 Å². The van der Waals surface area contributed by atoms with Crippen molar-refractivity contribution < 1.29 is 9.90 Å². The number of aliphatic hydroxyl groups excluding tert-OH is 1. The third-order valence-corrected chi connectivity index (χ3v) is 5.57. The Labute approximate surface area is 184 Å². The second-order valence-corrected chi connectivity index (χ2v) is 7.78. The molecule has 0 radical (unpaired) electrons. The van der Waals surface area contributed by atoms with Gasteiger partial charge in [0.05, 0.1) is 17.0 Å². The molecule has 0 aliphatic carbocycles. The largest absolute Gasteiger partial charge is 0.396 e. The molecule has 1 atom stereocenters. The first-order chi connectivity index (χ1) is 15.4. The van der Waals surface area contributed by atoms with E-state index in [2.05, 4.69) is 10.3 Å². The summed E-state index contributed by atoms with van der Waals surface area (Å²) >= 11 is 0. The van der Waals surface area contributed by atoms with E-state index in [4.69, 9.17) is 5.41 Å². The van der Waals surface area contributed by atoms with E-state index in [1.54, 1.807) is 12.3 Å². The number of amides is 1. The number of pyridine rings is 2. The molecule has 0 aliphatic rings. The van der Waals surface area contributed by atoms with Gasteiger partial charge in [0.15, 0.2) is 0 Å². The summed E-state index contributed by atoms with van der Waals surface area (Å²) in [6.07, 6.45) is 2.01. The smallest absolute Gasteiger partial charge is 0.267 e. The van der Waals surface area contributed by atoms with Crippen LogP contribution in [0.25, 0.3) is 16.7 Å². The van der Waals surface area contributed by atoms with Gasteiger partial charge in [-0.2, -0.15) is 0 Å². The fourth-order valence-electron chi connectivity index (χ4n) is 3.82. The molecule has 0 aliphatic heterocycles. The molecular formula is C24H25N5O3. The van der Waals surface area contributed by atoms with Crippen LogP contribution in [0.4, 0.5) is 0 Å². The van der Waals surface area contributed by atoms with Crippen LogP contribution in [0, 0.1) is 12.3 Å². The number of carbonyl (C=O) groups is 1. The SMILES string of the molecule is Cc1cccn2c(=O)c3cc(C(=O)N[C@@H](C)c4ccccc4)c(=N)n(CCCO)c3nc12. The van der Waals surface area contributed by atoms with Gasteiger partial charge in [-0.3, -0.25) is 19.4 Å². The molecule has 0 fully saturated rings. The Morgan fingerprint density at radius 2 is 1.94 bits per heavy atom. The molecule has 3 N–H and O–H groups in total. The van der Waals surface area contributed by atoms with E-state index >= 15 is 0 Å². The van der Waals surface area contributed by atoms with Crippen LogP contribution in [-0.2, 0) is 6.54 Å². The predicted octanol–water partition coefficient (Wildman–Crippen LogP) is 2.31. The molecule has 8 heteroatoms. The first-order valence-electron chi connectivity index (χ1n) is 10.5. The summed E-state index contributed by atoms with van der Waals surface area (Å²) in [6.45, 7) is 3.90. The number of nitrogens with one attached hydrogen (secondary N) is 2. The molecule has 32 heavy (non-hydrogen) atoms.